The van der Waals surface area contributed by atoms with Crippen molar-refractivity contribution in [2.24, 2.45) is 17.6 Å². The molecule has 9 heteroatoms. The van der Waals surface area contributed by atoms with Crippen molar-refractivity contribution in [2.75, 3.05) is 0 Å². The SMILES string of the molecule is N[C@H]1CCCC[C@@H]1C(=O)C/C=C/CC1CC(S(=O)(=O)c2cc(F)cc(C(F)(F)F)c2)C1. The van der Waals surface area contributed by atoms with E-state index in [9.17, 15) is 30.8 Å². The third kappa shape index (κ3) is 5.74. The molecule has 0 heterocycles. The first kappa shape index (κ1) is 23.9. The number of benzene rings is 1. The second kappa shape index (κ2) is 9.40. The lowest BCUT2D eigenvalue weighted by Gasteiger charge is -2.34. The fourth-order valence-electron chi connectivity index (χ4n) is 4.40. The fraction of sp³-hybridized carbons (Fsp3) is 0.591. The predicted molar refractivity (Wildman–Crippen MR) is 108 cm³/mol. The maximum absolute atomic E-state index is 13.6. The van der Waals surface area contributed by atoms with E-state index in [2.05, 4.69) is 0 Å². The predicted octanol–water partition coefficient (Wildman–Crippen LogP) is 4.82. The highest BCUT2D eigenvalue weighted by Gasteiger charge is 2.40. The van der Waals surface area contributed by atoms with Crippen LogP contribution in [0.2, 0.25) is 0 Å². The van der Waals surface area contributed by atoms with Gasteiger partial charge in [-0.3, -0.25) is 4.79 Å². The Morgan fingerprint density at radius 3 is 2.42 bits per heavy atom. The lowest BCUT2D eigenvalue weighted by atomic mass is 9.81. The molecule has 2 aliphatic carbocycles. The van der Waals surface area contributed by atoms with Crippen LogP contribution in [-0.4, -0.2) is 25.5 Å². The smallest absolute Gasteiger partial charge is 0.327 e. The Morgan fingerprint density at radius 2 is 1.77 bits per heavy atom. The highest BCUT2D eigenvalue weighted by atomic mass is 32.2. The molecule has 4 nitrogen and oxygen atoms in total. The van der Waals surface area contributed by atoms with Gasteiger partial charge in [0.1, 0.15) is 11.6 Å². The van der Waals surface area contributed by atoms with Crippen molar-refractivity contribution in [3.8, 4) is 0 Å². The number of carbonyl (C=O) groups excluding carboxylic acids is 1. The molecule has 1 aromatic carbocycles. The summed E-state index contributed by atoms with van der Waals surface area (Å²) in [5.74, 6) is -1.12. The average Bonchev–Trinajstić information content (AvgIpc) is 2.65. The van der Waals surface area contributed by atoms with Gasteiger partial charge >= 0.3 is 6.18 Å². The first-order valence-electron chi connectivity index (χ1n) is 10.5. The van der Waals surface area contributed by atoms with E-state index in [-0.39, 0.29) is 29.7 Å². The van der Waals surface area contributed by atoms with Gasteiger partial charge in [0.25, 0.3) is 0 Å². The van der Waals surface area contributed by atoms with Gasteiger partial charge in [-0.15, -0.1) is 0 Å². The van der Waals surface area contributed by atoms with E-state index in [4.69, 9.17) is 5.73 Å². The minimum atomic E-state index is -4.82. The van der Waals surface area contributed by atoms with Crippen LogP contribution in [0.4, 0.5) is 17.6 Å². The molecule has 0 bridgehead atoms. The molecule has 2 aliphatic rings. The molecule has 0 spiro atoms. The molecule has 2 atom stereocenters. The number of ketones is 1. The van der Waals surface area contributed by atoms with Crippen molar-refractivity contribution >= 4 is 15.6 Å². The normalized spacial score (nSPS) is 27.3. The van der Waals surface area contributed by atoms with E-state index in [0.29, 0.717) is 37.8 Å². The molecule has 0 amide bonds. The van der Waals surface area contributed by atoms with Crippen LogP contribution in [-0.2, 0) is 20.8 Å². The summed E-state index contributed by atoms with van der Waals surface area (Å²) in [7, 11) is -4.04. The Kier molecular flexibility index (Phi) is 7.25. The molecule has 0 saturated heterocycles. The van der Waals surface area contributed by atoms with E-state index >= 15 is 0 Å². The molecule has 2 N–H and O–H groups in total. The molecule has 31 heavy (non-hydrogen) atoms. The molecule has 0 aliphatic heterocycles. The first-order chi connectivity index (χ1) is 14.5. The summed E-state index contributed by atoms with van der Waals surface area (Å²) in [6.07, 6.45) is 4.07. The molecular formula is C22H27F4NO3S. The van der Waals surface area contributed by atoms with Crippen LogP contribution in [0, 0.1) is 17.7 Å². The summed E-state index contributed by atoms with van der Waals surface area (Å²) in [4.78, 5) is 11.7. The zero-order valence-corrected chi connectivity index (χ0v) is 17.9. The van der Waals surface area contributed by atoms with Gasteiger partial charge in [0.15, 0.2) is 9.84 Å². The molecule has 0 aromatic heterocycles. The van der Waals surface area contributed by atoms with Crippen molar-refractivity contribution in [3.05, 3.63) is 41.7 Å². The van der Waals surface area contributed by atoms with Crippen LogP contribution in [0.25, 0.3) is 0 Å². The number of nitrogens with two attached hydrogens (primary N) is 1. The Bertz CT molecular complexity index is 937. The summed E-state index contributed by atoms with van der Waals surface area (Å²) >= 11 is 0. The summed E-state index contributed by atoms with van der Waals surface area (Å²) < 4.78 is 77.4. The maximum atomic E-state index is 13.6. The number of alkyl halides is 3. The van der Waals surface area contributed by atoms with Crippen molar-refractivity contribution in [3.63, 3.8) is 0 Å². The van der Waals surface area contributed by atoms with E-state index < -0.39 is 37.5 Å². The van der Waals surface area contributed by atoms with Crippen LogP contribution in [0.3, 0.4) is 0 Å². The molecule has 2 fully saturated rings. The minimum Gasteiger partial charge on any atom is -0.327 e. The van der Waals surface area contributed by atoms with E-state index in [1.165, 1.54) is 0 Å². The van der Waals surface area contributed by atoms with Gasteiger partial charge in [-0.05, 0) is 56.2 Å². The summed E-state index contributed by atoms with van der Waals surface area (Å²) in [5, 5.41) is -0.823. The summed E-state index contributed by atoms with van der Waals surface area (Å²) in [5.41, 5.74) is 4.71. The van der Waals surface area contributed by atoms with Gasteiger partial charge < -0.3 is 5.73 Å². The lowest BCUT2D eigenvalue weighted by Crippen LogP contribution is -2.37. The topological polar surface area (TPSA) is 77.2 Å². The summed E-state index contributed by atoms with van der Waals surface area (Å²) in [6, 6.07) is 1.34. The molecular weight excluding hydrogens is 434 g/mol. The third-order valence-electron chi connectivity index (χ3n) is 6.35. The third-order valence-corrected chi connectivity index (χ3v) is 8.50. The van der Waals surface area contributed by atoms with Crippen LogP contribution < -0.4 is 5.73 Å². The van der Waals surface area contributed by atoms with Crippen molar-refractivity contribution in [2.45, 2.75) is 73.7 Å². The van der Waals surface area contributed by atoms with E-state index in [1.807, 2.05) is 6.08 Å². The Hall–Kier alpha value is -1.74. The van der Waals surface area contributed by atoms with Crippen molar-refractivity contribution in [1.82, 2.24) is 0 Å². The number of carbonyl (C=O) groups is 1. The Balaban J connectivity index is 1.51. The largest absolute Gasteiger partial charge is 0.416 e. The summed E-state index contributed by atoms with van der Waals surface area (Å²) in [6.45, 7) is 0. The second-order valence-electron chi connectivity index (χ2n) is 8.61. The first-order valence-corrected chi connectivity index (χ1v) is 12.1. The number of hydrogen-bond donors (Lipinski definition) is 1. The Labute approximate surface area is 179 Å². The molecule has 1 aromatic rings. The van der Waals surface area contributed by atoms with Gasteiger partial charge in [0.05, 0.1) is 15.7 Å². The van der Waals surface area contributed by atoms with Crippen molar-refractivity contribution in [1.29, 1.82) is 0 Å². The number of Topliss-reactive ketones (excluding diaryl/α,β-unsaturated/α-hetero) is 1. The number of halogens is 4. The molecule has 0 unspecified atom stereocenters. The monoisotopic (exact) mass is 461 g/mol. The average molecular weight is 462 g/mol. The van der Waals surface area contributed by atoms with Gasteiger partial charge in [-0.2, -0.15) is 13.2 Å². The highest BCUT2D eigenvalue weighted by molar-refractivity contribution is 7.92. The van der Waals surface area contributed by atoms with Crippen LogP contribution in [0.1, 0.15) is 56.9 Å². The maximum Gasteiger partial charge on any atom is 0.416 e. The van der Waals surface area contributed by atoms with Crippen molar-refractivity contribution < 1.29 is 30.8 Å². The fourth-order valence-corrected chi connectivity index (χ4v) is 6.41. The minimum absolute atomic E-state index is 0.0683. The zero-order valence-electron chi connectivity index (χ0n) is 17.1. The Morgan fingerprint density at radius 1 is 1.10 bits per heavy atom. The van der Waals surface area contributed by atoms with Gasteiger partial charge in [0, 0.05) is 18.4 Å². The van der Waals surface area contributed by atoms with Crippen LogP contribution in [0.5, 0.6) is 0 Å². The molecule has 2 saturated carbocycles. The van der Waals surface area contributed by atoms with Gasteiger partial charge in [-0.1, -0.05) is 25.0 Å². The number of sulfone groups is 1. The number of rotatable bonds is 7. The number of allylic oxidation sites excluding steroid dienone is 2. The van der Waals surface area contributed by atoms with Crippen LogP contribution >= 0.6 is 0 Å². The highest BCUT2D eigenvalue weighted by Crippen LogP contribution is 2.40. The second-order valence-corrected chi connectivity index (χ2v) is 10.8. The van der Waals surface area contributed by atoms with E-state index in [1.54, 1.807) is 6.08 Å². The lowest BCUT2D eigenvalue weighted by molar-refractivity contribution is -0.138. The standard InChI is InChI=1S/C22H27F4NO3S/c23-16-11-15(22(24,25)26)12-18(13-16)31(29,30)17-9-14(10-17)5-1-4-8-21(28)19-6-2-3-7-20(19)27/h1,4,11-14,17,19-20H,2-3,5-10,27H2/b4-1+/t14?,17?,19-,20-/m0/s1. The zero-order chi connectivity index (χ0) is 22.8. The molecule has 0 radical (unpaired) electrons. The van der Waals surface area contributed by atoms with Crippen LogP contribution in [0.15, 0.2) is 35.2 Å². The van der Waals surface area contributed by atoms with E-state index in [0.717, 1.165) is 25.7 Å². The van der Waals surface area contributed by atoms with Gasteiger partial charge in [0.2, 0.25) is 0 Å². The number of hydrogen-bond acceptors (Lipinski definition) is 4. The molecule has 172 valence electrons. The quantitative estimate of drug-likeness (QED) is 0.467. The van der Waals surface area contributed by atoms with Gasteiger partial charge in [-0.25, -0.2) is 12.8 Å². The molecule has 3 rings (SSSR count).